The van der Waals surface area contributed by atoms with Crippen LogP contribution in [0.2, 0.25) is 0 Å². The van der Waals surface area contributed by atoms with Crippen molar-refractivity contribution in [2.45, 2.75) is 26.9 Å². The fourth-order valence-corrected chi connectivity index (χ4v) is 2.65. The minimum Gasteiger partial charge on any atom is -0.491 e. The molecule has 0 saturated carbocycles. The number of nitrogens with zero attached hydrogens (tertiary/aromatic N) is 1. The van der Waals surface area contributed by atoms with E-state index in [9.17, 15) is 4.79 Å². The van der Waals surface area contributed by atoms with E-state index in [4.69, 9.17) is 9.47 Å². The summed E-state index contributed by atoms with van der Waals surface area (Å²) in [5.41, 5.74) is 1.55. The molecule has 1 aromatic heterocycles. The van der Waals surface area contributed by atoms with E-state index in [-0.39, 0.29) is 12.1 Å². The SMILES string of the molecule is COC(=O)c1sc(Nc2ccc(OC(C)C)cc2)nc1C. The number of anilines is 2. The van der Waals surface area contributed by atoms with Crippen LogP contribution >= 0.6 is 11.3 Å². The van der Waals surface area contributed by atoms with E-state index in [1.54, 1.807) is 6.92 Å². The van der Waals surface area contributed by atoms with Gasteiger partial charge in [-0.05, 0) is 45.0 Å². The van der Waals surface area contributed by atoms with Crippen LogP contribution in [0.4, 0.5) is 10.8 Å². The summed E-state index contributed by atoms with van der Waals surface area (Å²) in [5, 5.41) is 3.83. The molecular formula is C15H18N2O3S. The topological polar surface area (TPSA) is 60.5 Å². The third-order valence-corrected chi connectivity index (χ3v) is 3.70. The highest BCUT2D eigenvalue weighted by molar-refractivity contribution is 7.17. The van der Waals surface area contributed by atoms with Crippen molar-refractivity contribution in [1.29, 1.82) is 0 Å². The molecule has 1 heterocycles. The van der Waals surface area contributed by atoms with Crippen LogP contribution in [0.25, 0.3) is 0 Å². The van der Waals surface area contributed by atoms with Crippen LogP contribution in [0.15, 0.2) is 24.3 Å². The van der Waals surface area contributed by atoms with Crippen molar-refractivity contribution in [3.8, 4) is 5.75 Å². The Hall–Kier alpha value is -2.08. The average Bonchev–Trinajstić information content (AvgIpc) is 2.80. The van der Waals surface area contributed by atoms with Gasteiger partial charge in [-0.2, -0.15) is 0 Å². The van der Waals surface area contributed by atoms with E-state index in [0.717, 1.165) is 11.4 Å². The molecule has 2 rings (SSSR count). The molecule has 0 unspecified atom stereocenters. The van der Waals surface area contributed by atoms with Crippen molar-refractivity contribution in [2.75, 3.05) is 12.4 Å². The second kappa shape index (κ2) is 6.58. The van der Waals surface area contributed by atoms with Gasteiger partial charge in [-0.1, -0.05) is 11.3 Å². The lowest BCUT2D eigenvalue weighted by atomic mass is 10.3. The highest BCUT2D eigenvalue weighted by Gasteiger charge is 2.15. The molecule has 0 bridgehead atoms. The molecule has 0 aliphatic rings. The summed E-state index contributed by atoms with van der Waals surface area (Å²) in [6.07, 6.45) is 0.146. The molecule has 0 aliphatic carbocycles. The number of benzene rings is 1. The molecule has 1 aromatic carbocycles. The van der Waals surface area contributed by atoms with Crippen LogP contribution in [-0.4, -0.2) is 24.2 Å². The van der Waals surface area contributed by atoms with E-state index >= 15 is 0 Å². The molecule has 0 spiro atoms. The van der Waals surface area contributed by atoms with Gasteiger partial charge in [0.2, 0.25) is 0 Å². The van der Waals surface area contributed by atoms with E-state index in [2.05, 4.69) is 10.3 Å². The summed E-state index contributed by atoms with van der Waals surface area (Å²) >= 11 is 1.27. The lowest BCUT2D eigenvalue weighted by molar-refractivity contribution is 0.0605. The first-order valence-corrected chi connectivity index (χ1v) is 7.40. The van der Waals surface area contributed by atoms with Crippen molar-refractivity contribution in [3.05, 3.63) is 34.8 Å². The van der Waals surface area contributed by atoms with E-state index in [1.807, 2.05) is 38.1 Å². The first-order chi connectivity index (χ1) is 9.99. The predicted molar refractivity (Wildman–Crippen MR) is 83.7 cm³/mol. The van der Waals surface area contributed by atoms with Gasteiger partial charge in [0.1, 0.15) is 10.6 Å². The van der Waals surface area contributed by atoms with Gasteiger partial charge in [0.15, 0.2) is 5.13 Å². The van der Waals surface area contributed by atoms with E-state index in [0.29, 0.717) is 15.7 Å². The van der Waals surface area contributed by atoms with Crippen LogP contribution in [0.3, 0.4) is 0 Å². The van der Waals surface area contributed by atoms with Crippen LogP contribution in [0.1, 0.15) is 29.2 Å². The quantitative estimate of drug-likeness (QED) is 0.852. The molecule has 21 heavy (non-hydrogen) atoms. The fourth-order valence-electron chi connectivity index (χ4n) is 1.74. The number of aromatic nitrogens is 1. The smallest absolute Gasteiger partial charge is 0.350 e. The Labute approximate surface area is 127 Å². The second-order valence-corrected chi connectivity index (χ2v) is 5.74. The van der Waals surface area contributed by atoms with Gasteiger partial charge < -0.3 is 14.8 Å². The summed E-state index contributed by atoms with van der Waals surface area (Å²) in [6.45, 7) is 5.76. The highest BCUT2D eigenvalue weighted by Crippen LogP contribution is 2.27. The zero-order valence-electron chi connectivity index (χ0n) is 12.5. The van der Waals surface area contributed by atoms with Gasteiger partial charge in [0.25, 0.3) is 0 Å². The molecule has 0 radical (unpaired) electrons. The number of carbonyl (C=O) groups excluding carboxylic acids is 1. The number of hydrogen-bond donors (Lipinski definition) is 1. The van der Waals surface area contributed by atoms with Crippen LogP contribution in [0, 0.1) is 6.92 Å². The Bertz CT molecular complexity index is 620. The Morgan fingerprint density at radius 2 is 1.95 bits per heavy atom. The van der Waals surface area contributed by atoms with Gasteiger partial charge in [0, 0.05) is 5.69 Å². The Balaban J connectivity index is 2.09. The molecule has 0 aliphatic heterocycles. The average molecular weight is 306 g/mol. The summed E-state index contributed by atoms with van der Waals surface area (Å²) in [5.74, 6) is 0.458. The maximum absolute atomic E-state index is 11.6. The van der Waals surface area contributed by atoms with E-state index < -0.39 is 0 Å². The first kappa shape index (κ1) is 15.3. The van der Waals surface area contributed by atoms with Crippen molar-refractivity contribution >= 4 is 28.1 Å². The van der Waals surface area contributed by atoms with Gasteiger partial charge in [-0.3, -0.25) is 0 Å². The number of esters is 1. The number of rotatable bonds is 5. The van der Waals surface area contributed by atoms with Crippen molar-refractivity contribution in [3.63, 3.8) is 0 Å². The molecule has 0 atom stereocenters. The van der Waals surface area contributed by atoms with E-state index in [1.165, 1.54) is 18.4 Å². The molecule has 1 N–H and O–H groups in total. The summed E-state index contributed by atoms with van der Waals surface area (Å²) < 4.78 is 10.3. The highest BCUT2D eigenvalue weighted by atomic mass is 32.1. The Morgan fingerprint density at radius 3 is 2.52 bits per heavy atom. The molecule has 2 aromatic rings. The minimum absolute atomic E-state index is 0.146. The molecule has 5 nitrogen and oxygen atoms in total. The van der Waals surface area contributed by atoms with Crippen molar-refractivity contribution in [1.82, 2.24) is 4.98 Å². The predicted octanol–water partition coefficient (Wildman–Crippen LogP) is 3.77. The first-order valence-electron chi connectivity index (χ1n) is 6.59. The number of nitrogens with one attached hydrogen (secondary N) is 1. The normalized spacial score (nSPS) is 10.5. The Kier molecular flexibility index (Phi) is 4.80. The third kappa shape index (κ3) is 3.95. The number of ether oxygens (including phenoxy) is 2. The second-order valence-electron chi connectivity index (χ2n) is 4.74. The maximum atomic E-state index is 11.6. The lowest BCUT2D eigenvalue weighted by Crippen LogP contribution is -2.05. The number of thiazole rings is 1. The molecule has 0 saturated heterocycles. The summed E-state index contributed by atoms with van der Waals surface area (Å²) in [7, 11) is 1.36. The van der Waals surface area contributed by atoms with Gasteiger partial charge >= 0.3 is 5.97 Å². The zero-order chi connectivity index (χ0) is 15.4. The minimum atomic E-state index is -0.362. The molecule has 112 valence electrons. The zero-order valence-corrected chi connectivity index (χ0v) is 13.3. The van der Waals surface area contributed by atoms with Gasteiger partial charge in [0.05, 0.1) is 18.9 Å². The molecular weight excluding hydrogens is 288 g/mol. The molecule has 6 heteroatoms. The third-order valence-electron chi connectivity index (χ3n) is 2.64. The Morgan fingerprint density at radius 1 is 1.29 bits per heavy atom. The molecule has 0 amide bonds. The van der Waals surface area contributed by atoms with Gasteiger partial charge in [-0.15, -0.1) is 0 Å². The van der Waals surface area contributed by atoms with Crippen molar-refractivity contribution in [2.24, 2.45) is 0 Å². The summed E-state index contributed by atoms with van der Waals surface area (Å²) in [4.78, 5) is 16.4. The lowest BCUT2D eigenvalue weighted by Gasteiger charge is -2.10. The molecule has 0 fully saturated rings. The number of methoxy groups -OCH3 is 1. The largest absolute Gasteiger partial charge is 0.491 e. The number of carbonyl (C=O) groups is 1. The van der Waals surface area contributed by atoms with Crippen LogP contribution < -0.4 is 10.1 Å². The van der Waals surface area contributed by atoms with Crippen molar-refractivity contribution < 1.29 is 14.3 Å². The van der Waals surface area contributed by atoms with Crippen LogP contribution in [0.5, 0.6) is 5.75 Å². The standard InChI is InChI=1S/C15H18N2O3S/c1-9(2)20-12-7-5-11(6-8-12)17-15-16-10(3)13(21-15)14(18)19-4/h5-9H,1-4H3,(H,16,17). The fraction of sp³-hybridized carbons (Fsp3) is 0.333. The number of hydrogen-bond acceptors (Lipinski definition) is 6. The number of aryl methyl sites for hydroxylation is 1. The monoisotopic (exact) mass is 306 g/mol. The van der Waals surface area contributed by atoms with Gasteiger partial charge in [-0.25, -0.2) is 9.78 Å². The maximum Gasteiger partial charge on any atom is 0.350 e. The summed E-state index contributed by atoms with van der Waals surface area (Å²) in [6, 6.07) is 7.60. The van der Waals surface area contributed by atoms with Crippen LogP contribution in [-0.2, 0) is 4.74 Å².